The molecular formula is C17H15NO4. The fraction of sp³-hybridized carbons (Fsp3) is 0.176. The Morgan fingerprint density at radius 3 is 2.68 bits per heavy atom. The van der Waals surface area contributed by atoms with Crippen LogP contribution in [-0.4, -0.2) is 22.7 Å². The molecule has 2 aromatic carbocycles. The Balaban J connectivity index is 2.07. The summed E-state index contributed by atoms with van der Waals surface area (Å²) in [4.78, 5) is 15.2. The van der Waals surface area contributed by atoms with Crippen molar-refractivity contribution in [1.29, 1.82) is 0 Å². The second kappa shape index (κ2) is 5.52. The molecule has 1 heterocycles. The zero-order valence-electron chi connectivity index (χ0n) is 12.3. The Labute approximate surface area is 127 Å². The summed E-state index contributed by atoms with van der Waals surface area (Å²) in [7, 11) is 0. The van der Waals surface area contributed by atoms with Crippen LogP contribution in [0.25, 0.3) is 22.6 Å². The first-order chi connectivity index (χ1) is 10.5. The van der Waals surface area contributed by atoms with E-state index in [0.29, 0.717) is 22.8 Å². The molecule has 22 heavy (non-hydrogen) atoms. The summed E-state index contributed by atoms with van der Waals surface area (Å²) in [6.07, 6.45) is 0. The van der Waals surface area contributed by atoms with Crippen LogP contribution in [0.4, 0.5) is 0 Å². The van der Waals surface area contributed by atoms with Gasteiger partial charge >= 0.3 is 5.97 Å². The van der Waals surface area contributed by atoms with Crippen LogP contribution in [-0.2, 0) is 4.79 Å². The van der Waals surface area contributed by atoms with Gasteiger partial charge in [-0.15, -0.1) is 0 Å². The van der Waals surface area contributed by atoms with E-state index in [4.69, 9.17) is 14.3 Å². The Morgan fingerprint density at radius 2 is 1.91 bits per heavy atom. The molecule has 1 aromatic heterocycles. The number of oxazole rings is 1. The zero-order chi connectivity index (χ0) is 15.7. The summed E-state index contributed by atoms with van der Waals surface area (Å²) < 4.78 is 11.1. The van der Waals surface area contributed by atoms with Gasteiger partial charge in [0.2, 0.25) is 5.89 Å². The van der Waals surface area contributed by atoms with Crippen molar-refractivity contribution in [1.82, 2.24) is 4.98 Å². The molecule has 5 heteroatoms. The largest absolute Gasteiger partial charge is 0.481 e. The number of aromatic nitrogens is 1. The molecule has 0 spiro atoms. The average molecular weight is 297 g/mol. The summed E-state index contributed by atoms with van der Waals surface area (Å²) in [5.74, 6) is -0.166. The van der Waals surface area contributed by atoms with Crippen LogP contribution >= 0.6 is 0 Å². The van der Waals surface area contributed by atoms with E-state index in [9.17, 15) is 4.79 Å². The van der Waals surface area contributed by atoms with Crippen LogP contribution in [0.15, 0.2) is 40.8 Å². The third-order valence-electron chi connectivity index (χ3n) is 3.26. The van der Waals surface area contributed by atoms with E-state index >= 15 is 0 Å². The van der Waals surface area contributed by atoms with Gasteiger partial charge in [-0.3, -0.25) is 0 Å². The second-order valence-electron chi connectivity index (χ2n) is 5.17. The number of hydrogen-bond acceptors (Lipinski definition) is 4. The third kappa shape index (κ3) is 2.79. The summed E-state index contributed by atoms with van der Waals surface area (Å²) >= 11 is 0. The summed E-state index contributed by atoms with van der Waals surface area (Å²) in [5, 5.41) is 8.77. The molecule has 0 amide bonds. The third-order valence-corrected chi connectivity index (χ3v) is 3.26. The molecule has 0 unspecified atom stereocenters. The van der Waals surface area contributed by atoms with E-state index in [1.165, 1.54) is 0 Å². The van der Waals surface area contributed by atoms with E-state index in [1.807, 2.05) is 44.2 Å². The summed E-state index contributed by atoms with van der Waals surface area (Å²) in [6.45, 7) is 3.52. The number of aliphatic carboxylic acids is 1. The highest BCUT2D eigenvalue weighted by Gasteiger charge is 2.15. The molecule has 0 saturated heterocycles. The molecule has 0 saturated carbocycles. The maximum atomic E-state index is 10.7. The smallest absolute Gasteiger partial charge is 0.341 e. The van der Waals surface area contributed by atoms with Crippen molar-refractivity contribution < 1.29 is 19.1 Å². The van der Waals surface area contributed by atoms with E-state index < -0.39 is 12.6 Å². The van der Waals surface area contributed by atoms with Crippen LogP contribution in [0.3, 0.4) is 0 Å². The van der Waals surface area contributed by atoms with E-state index in [0.717, 1.165) is 16.6 Å². The molecule has 0 fully saturated rings. The summed E-state index contributed by atoms with van der Waals surface area (Å²) in [6, 6.07) is 11.2. The molecule has 3 aromatic rings. The van der Waals surface area contributed by atoms with Crippen molar-refractivity contribution in [3.63, 3.8) is 0 Å². The van der Waals surface area contributed by atoms with Crippen LogP contribution in [0.1, 0.15) is 11.1 Å². The van der Waals surface area contributed by atoms with Gasteiger partial charge in [-0.25, -0.2) is 9.78 Å². The van der Waals surface area contributed by atoms with Crippen LogP contribution in [0.5, 0.6) is 5.75 Å². The van der Waals surface area contributed by atoms with Gasteiger partial charge in [-0.1, -0.05) is 17.7 Å². The van der Waals surface area contributed by atoms with E-state index in [-0.39, 0.29) is 0 Å². The summed E-state index contributed by atoms with van der Waals surface area (Å²) in [5.41, 5.74) is 4.19. The van der Waals surface area contributed by atoms with Gasteiger partial charge in [0.1, 0.15) is 11.3 Å². The monoisotopic (exact) mass is 297 g/mol. The zero-order valence-corrected chi connectivity index (χ0v) is 12.3. The van der Waals surface area contributed by atoms with Crippen molar-refractivity contribution >= 4 is 17.1 Å². The molecular weight excluding hydrogens is 282 g/mol. The van der Waals surface area contributed by atoms with Gasteiger partial charge in [0, 0.05) is 0 Å². The molecule has 0 aliphatic heterocycles. The Morgan fingerprint density at radius 1 is 1.18 bits per heavy atom. The molecule has 0 aliphatic carbocycles. The number of fused-ring (bicyclic) bond motifs is 1. The predicted molar refractivity (Wildman–Crippen MR) is 82.0 cm³/mol. The first-order valence-electron chi connectivity index (χ1n) is 6.86. The number of nitrogens with zero attached hydrogens (tertiary/aromatic N) is 1. The fourth-order valence-corrected chi connectivity index (χ4v) is 2.22. The minimum Gasteiger partial charge on any atom is -0.481 e. The average Bonchev–Trinajstić information content (AvgIpc) is 2.88. The number of benzene rings is 2. The maximum Gasteiger partial charge on any atom is 0.341 e. The molecule has 0 atom stereocenters. The van der Waals surface area contributed by atoms with Gasteiger partial charge in [-0.2, -0.15) is 0 Å². The minimum absolute atomic E-state index is 0.407. The van der Waals surface area contributed by atoms with Gasteiger partial charge in [-0.05, 0) is 43.7 Å². The predicted octanol–water partition coefficient (Wildman–Crippen LogP) is 3.58. The van der Waals surface area contributed by atoms with Gasteiger partial charge < -0.3 is 14.3 Å². The highest BCUT2D eigenvalue weighted by atomic mass is 16.5. The molecule has 112 valence electrons. The number of carbonyl (C=O) groups is 1. The van der Waals surface area contributed by atoms with Crippen molar-refractivity contribution in [2.24, 2.45) is 0 Å². The molecule has 1 N–H and O–H groups in total. The number of carboxylic acids is 1. The number of ether oxygens (including phenoxy) is 1. The second-order valence-corrected chi connectivity index (χ2v) is 5.17. The van der Waals surface area contributed by atoms with Crippen LogP contribution in [0.2, 0.25) is 0 Å². The standard InChI is InChI=1S/C17H15NO4/c1-10-4-6-14(21-9-16(19)20)12(7-10)17-18-13-5-3-11(2)8-15(13)22-17/h3-8H,9H2,1-2H3,(H,19,20). The molecule has 3 rings (SSSR count). The Bertz CT molecular complexity index is 851. The van der Waals surface area contributed by atoms with Crippen molar-refractivity contribution in [2.75, 3.05) is 6.61 Å². The lowest BCUT2D eigenvalue weighted by atomic mass is 10.1. The normalized spacial score (nSPS) is 10.8. The lowest BCUT2D eigenvalue weighted by molar-refractivity contribution is -0.139. The van der Waals surface area contributed by atoms with Crippen molar-refractivity contribution in [3.8, 4) is 17.2 Å². The lowest BCUT2D eigenvalue weighted by Crippen LogP contribution is -2.10. The minimum atomic E-state index is -1.03. The Kier molecular flexibility index (Phi) is 3.55. The van der Waals surface area contributed by atoms with Crippen molar-refractivity contribution in [3.05, 3.63) is 47.5 Å². The molecule has 0 bridgehead atoms. The van der Waals surface area contributed by atoms with Gasteiger partial charge in [0.05, 0.1) is 5.56 Å². The van der Waals surface area contributed by atoms with Gasteiger partial charge in [0.15, 0.2) is 12.2 Å². The van der Waals surface area contributed by atoms with Crippen LogP contribution in [0, 0.1) is 13.8 Å². The van der Waals surface area contributed by atoms with E-state index in [2.05, 4.69) is 4.98 Å². The fourth-order valence-electron chi connectivity index (χ4n) is 2.22. The number of aryl methyl sites for hydroxylation is 2. The topological polar surface area (TPSA) is 72.6 Å². The number of rotatable bonds is 4. The van der Waals surface area contributed by atoms with E-state index in [1.54, 1.807) is 6.07 Å². The number of carboxylic acid groups (broad SMARTS) is 1. The lowest BCUT2D eigenvalue weighted by Gasteiger charge is -2.08. The highest BCUT2D eigenvalue weighted by molar-refractivity contribution is 5.78. The first kappa shape index (κ1) is 14.1. The maximum absolute atomic E-state index is 10.7. The molecule has 0 radical (unpaired) electrons. The molecule has 0 aliphatic rings. The SMILES string of the molecule is Cc1ccc(OCC(=O)O)c(-c2nc3ccc(C)cc3o2)c1. The van der Waals surface area contributed by atoms with Gasteiger partial charge in [0.25, 0.3) is 0 Å². The highest BCUT2D eigenvalue weighted by Crippen LogP contribution is 2.32. The first-order valence-corrected chi connectivity index (χ1v) is 6.86. The number of hydrogen-bond donors (Lipinski definition) is 1. The quantitative estimate of drug-likeness (QED) is 0.797. The molecule has 5 nitrogen and oxygen atoms in total. The van der Waals surface area contributed by atoms with Crippen molar-refractivity contribution in [2.45, 2.75) is 13.8 Å². The Hall–Kier alpha value is -2.82. The van der Waals surface area contributed by atoms with Crippen LogP contribution < -0.4 is 4.74 Å².